The first-order chi connectivity index (χ1) is 8.54. The van der Waals surface area contributed by atoms with Gasteiger partial charge in [0.15, 0.2) is 5.82 Å². The second kappa shape index (κ2) is 5.02. The van der Waals surface area contributed by atoms with Gasteiger partial charge in [0.2, 0.25) is 0 Å². The molecular weight excluding hydrogens is 260 g/mol. The van der Waals surface area contributed by atoms with Gasteiger partial charge in [-0.3, -0.25) is 0 Å². The maximum absolute atomic E-state index is 13.7. The van der Waals surface area contributed by atoms with Gasteiger partial charge in [-0.1, -0.05) is 0 Å². The first kappa shape index (κ1) is 13.0. The van der Waals surface area contributed by atoms with E-state index in [1.165, 1.54) is 0 Å². The highest BCUT2D eigenvalue weighted by Gasteiger charge is 2.18. The van der Waals surface area contributed by atoms with Crippen LogP contribution in [0.5, 0.6) is 0 Å². The van der Waals surface area contributed by atoms with Gasteiger partial charge in [0, 0.05) is 6.04 Å². The number of hydrogen-bond acceptors (Lipinski definition) is 2. The van der Waals surface area contributed by atoms with Crippen LogP contribution in [-0.4, -0.2) is 14.8 Å². The van der Waals surface area contributed by atoms with Gasteiger partial charge in [0.05, 0.1) is 11.4 Å². The molecule has 0 radical (unpaired) electrons. The normalized spacial score (nSPS) is 11.2. The largest absolute Gasteiger partial charge is 0.307 e. The van der Waals surface area contributed by atoms with Crippen molar-refractivity contribution >= 4 is 11.6 Å². The summed E-state index contributed by atoms with van der Waals surface area (Å²) < 4.78 is 28.6. The Bertz CT molecular complexity index is 566. The summed E-state index contributed by atoms with van der Waals surface area (Å²) in [5, 5.41) is 7.80. The molecule has 0 aliphatic heterocycles. The highest BCUT2D eigenvalue weighted by molar-refractivity contribution is 6.16. The zero-order chi connectivity index (χ0) is 13.3. The summed E-state index contributed by atoms with van der Waals surface area (Å²) in [6.07, 6.45) is 0. The summed E-state index contributed by atoms with van der Waals surface area (Å²) in [5.41, 5.74) is 0.0903. The molecule has 0 saturated heterocycles. The molecule has 0 aliphatic rings. The first-order valence-electron chi connectivity index (χ1n) is 5.49. The Morgan fingerprint density at radius 2 is 2.00 bits per heavy atom. The highest BCUT2D eigenvalue weighted by Crippen LogP contribution is 2.26. The number of benzene rings is 1. The Balaban J connectivity index is 2.63. The van der Waals surface area contributed by atoms with Crippen molar-refractivity contribution in [2.45, 2.75) is 25.8 Å². The summed E-state index contributed by atoms with van der Waals surface area (Å²) in [4.78, 5) is 0. The summed E-state index contributed by atoms with van der Waals surface area (Å²) in [5.74, 6) is -0.0609. The fourth-order valence-electron chi connectivity index (χ4n) is 1.81. The minimum absolute atomic E-state index is 0.00594. The van der Waals surface area contributed by atoms with E-state index in [-0.39, 0.29) is 23.3 Å². The van der Waals surface area contributed by atoms with Crippen LogP contribution in [-0.2, 0) is 5.88 Å². The Morgan fingerprint density at radius 3 is 2.61 bits per heavy atom. The van der Waals surface area contributed by atoms with Gasteiger partial charge in [-0.2, -0.15) is 0 Å². The van der Waals surface area contributed by atoms with E-state index in [0.29, 0.717) is 5.82 Å². The van der Waals surface area contributed by atoms with Crippen LogP contribution in [0.2, 0.25) is 0 Å². The molecule has 0 atom stereocenters. The van der Waals surface area contributed by atoms with Crippen LogP contribution in [0.3, 0.4) is 0 Å². The van der Waals surface area contributed by atoms with Gasteiger partial charge in [-0.25, -0.2) is 8.78 Å². The fourth-order valence-corrected chi connectivity index (χ4v) is 1.99. The van der Waals surface area contributed by atoms with Crippen LogP contribution < -0.4 is 0 Å². The van der Waals surface area contributed by atoms with E-state index >= 15 is 0 Å². The van der Waals surface area contributed by atoms with Gasteiger partial charge in [0.1, 0.15) is 17.5 Å². The molecule has 6 heteroatoms. The van der Waals surface area contributed by atoms with E-state index in [0.717, 1.165) is 18.2 Å². The van der Waals surface area contributed by atoms with Gasteiger partial charge in [0.25, 0.3) is 0 Å². The number of aromatic nitrogens is 3. The Hall–Kier alpha value is -1.49. The van der Waals surface area contributed by atoms with E-state index in [4.69, 9.17) is 11.6 Å². The molecule has 0 fully saturated rings. The first-order valence-corrected chi connectivity index (χ1v) is 6.03. The van der Waals surface area contributed by atoms with Crippen molar-refractivity contribution in [3.8, 4) is 11.4 Å². The summed E-state index contributed by atoms with van der Waals surface area (Å²) in [6, 6.07) is 3.25. The standard InChI is InChI=1S/C12H12ClF2N3/c1-7(2)18-11(6-13)16-17-12(18)9-5-8(14)3-4-10(9)15/h3-5,7H,6H2,1-2H3. The van der Waals surface area contributed by atoms with Crippen molar-refractivity contribution in [1.29, 1.82) is 0 Å². The molecule has 18 heavy (non-hydrogen) atoms. The number of hydrogen-bond donors (Lipinski definition) is 0. The van der Waals surface area contributed by atoms with Crippen LogP contribution in [0, 0.1) is 11.6 Å². The summed E-state index contributed by atoms with van der Waals surface area (Å²) in [7, 11) is 0. The average molecular weight is 272 g/mol. The van der Waals surface area contributed by atoms with Crippen LogP contribution in [0.15, 0.2) is 18.2 Å². The molecule has 2 aromatic rings. The van der Waals surface area contributed by atoms with Gasteiger partial charge >= 0.3 is 0 Å². The Kier molecular flexibility index (Phi) is 3.61. The molecule has 1 aromatic carbocycles. The van der Waals surface area contributed by atoms with Crippen molar-refractivity contribution < 1.29 is 8.78 Å². The van der Waals surface area contributed by atoms with E-state index in [2.05, 4.69) is 10.2 Å². The Labute approximate surface area is 108 Å². The third-order valence-electron chi connectivity index (χ3n) is 2.57. The lowest BCUT2D eigenvalue weighted by Crippen LogP contribution is -2.07. The van der Waals surface area contributed by atoms with E-state index in [9.17, 15) is 8.78 Å². The number of halogens is 3. The molecule has 0 bridgehead atoms. The van der Waals surface area contributed by atoms with E-state index in [1.807, 2.05) is 13.8 Å². The minimum Gasteiger partial charge on any atom is -0.307 e. The summed E-state index contributed by atoms with van der Waals surface area (Å²) in [6.45, 7) is 3.81. The van der Waals surface area contributed by atoms with Crippen LogP contribution in [0.4, 0.5) is 8.78 Å². The molecule has 1 heterocycles. The lowest BCUT2D eigenvalue weighted by atomic mass is 10.2. The van der Waals surface area contributed by atoms with Crippen molar-refractivity contribution in [3.05, 3.63) is 35.7 Å². The van der Waals surface area contributed by atoms with Crippen molar-refractivity contribution in [2.75, 3.05) is 0 Å². The number of nitrogens with zero attached hydrogens (tertiary/aromatic N) is 3. The second-order valence-corrected chi connectivity index (χ2v) is 4.43. The third kappa shape index (κ3) is 2.22. The zero-order valence-electron chi connectivity index (χ0n) is 9.99. The lowest BCUT2D eigenvalue weighted by molar-refractivity contribution is 0.574. The topological polar surface area (TPSA) is 30.7 Å². The number of rotatable bonds is 3. The lowest BCUT2D eigenvalue weighted by Gasteiger charge is -2.13. The molecule has 0 saturated carbocycles. The second-order valence-electron chi connectivity index (χ2n) is 4.16. The average Bonchev–Trinajstić information content (AvgIpc) is 2.75. The monoisotopic (exact) mass is 271 g/mol. The maximum atomic E-state index is 13.7. The van der Waals surface area contributed by atoms with E-state index < -0.39 is 11.6 Å². The van der Waals surface area contributed by atoms with Crippen molar-refractivity contribution in [2.24, 2.45) is 0 Å². The molecular formula is C12H12ClF2N3. The quantitative estimate of drug-likeness (QED) is 0.800. The van der Waals surface area contributed by atoms with Gasteiger partial charge in [-0.05, 0) is 32.0 Å². The van der Waals surface area contributed by atoms with Crippen LogP contribution >= 0.6 is 11.6 Å². The molecule has 0 spiro atoms. The SMILES string of the molecule is CC(C)n1c(CCl)nnc1-c1cc(F)ccc1F. The predicted octanol–water partition coefficient (Wildman–Crippen LogP) is 3.54. The van der Waals surface area contributed by atoms with E-state index in [1.54, 1.807) is 4.57 Å². The van der Waals surface area contributed by atoms with Gasteiger partial charge < -0.3 is 4.57 Å². The summed E-state index contributed by atoms with van der Waals surface area (Å²) >= 11 is 5.76. The minimum atomic E-state index is -0.535. The predicted molar refractivity (Wildman–Crippen MR) is 65.3 cm³/mol. The molecule has 1 aromatic heterocycles. The van der Waals surface area contributed by atoms with Crippen molar-refractivity contribution in [1.82, 2.24) is 14.8 Å². The van der Waals surface area contributed by atoms with Crippen molar-refractivity contribution in [3.63, 3.8) is 0 Å². The molecule has 0 N–H and O–H groups in total. The van der Waals surface area contributed by atoms with Crippen LogP contribution in [0.25, 0.3) is 11.4 Å². The fraction of sp³-hybridized carbons (Fsp3) is 0.333. The maximum Gasteiger partial charge on any atom is 0.167 e. The van der Waals surface area contributed by atoms with Gasteiger partial charge in [-0.15, -0.1) is 21.8 Å². The smallest absolute Gasteiger partial charge is 0.167 e. The molecule has 3 nitrogen and oxygen atoms in total. The third-order valence-corrected chi connectivity index (χ3v) is 2.81. The molecule has 0 unspecified atom stereocenters. The zero-order valence-corrected chi connectivity index (χ0v) is 10.7. The molecule has 96 valence electrons. The number of alkyl halides is 1. The Morgan fingerprint density at radius 1 is 1.28 bits per heavy atom. The molecule has 0 amide bonds. The van der Waals surface area contributed by atoms with Crippen LogP contribution in [0.1, 0.15) is 25.7 Å². The molecule has 0 aliphatic carbocycles. The highest BCUT2D eigenvalue weighted by atomic mass is 35.5. The molecule has 2 rings (SSSR count).